The summed E-state index contributed by atoms with van der Waals surface area (Å²) in [5.41, 5.74) is 0. The van der Waals surface area contributed by atoms with Gasteiger partial charge in [-0.05, 0) is 115 Å². The number of nitrogens with zero attached hydrogens (tertiary/aromatic N) is 4. The maximum absolute atomic E-state index is 12.6. The van der Waals surface area contributed by atoms with Gasteiger partial charge < -0.3 is 91.5 Å². The Morgan fingerprint density at radius 2 is 0.323 bits per heavy atom. The van der Waals surface area contributed by atoms with Crippen molar-refractivity contribution in [3.63, 3.8) is 0 Å². The second-order valence-corrected chi connectivity index (χ2v) is 32.2. The summed E-state index contributed by atoms with van der Waals surface area (Å²) >= 11 is 0. The number of amides is 15. The molecule has 15 amide bonds. The van der Waals surface area contributed by atoms with Gasteiger partial charge in [-0.1, -0.05) is 84.5 Å². The molecule has 15 N–H and O–H groups in total. The number of ketones is 6. The van der Waals surface area contributed by atoms with E-state index in [0.29, 0.717) is 142 Å². The molecule has 0 aliphatic rings. The number of rotatable bonds is 80. The molecule has 0 aliphatic carbocycles. The van der Waals surface area contributed by atoms with Gasteiger partial charge in [0.1, 0.15) is 28.9 Å². The van der Waals surface area contributed by atoms with Crippen LogP contribution in [-0.2, 0) is 122 Å². The third kappa shape index (κ3) is 92.7. The van der Waals surface area contributed by atoms with Crippen LogP contribution in [0.1, 0.15) is 277 Å². The molecule has 41 heteroatoms. The molecular weight excluding hydrogens is 1890 g/mol. The summed E-state index contributed by atoms with van der Waals surface area (Å²) in [6, 6.07) is 0. The Balaban J connectivity index is -0.000000568. The fourth-order valence-electron chi connectivity index (χ4n) is 12.5. The van der Waals surface area contributed by atoms with Gasteiger partial charge in [0.15, 0.2) is 0 Å². The molecule has 0 atom stereocenters. The Morgan fingerprint density at radius 3 is 0.541 bits per heavy atom. The van der Waals surface area contributed by atoms with Crippen molar-refractivity contribution in [3.8, 4) is 0 Å². The van der Waals surface area contributed by atoms with Crippen LogP contribution in [0.3, 0.4) is 0 Å². The summed E-state index contributed by atoms with van der Waals surface area (Å²) < 4.78 is 0. The van der Waals surface area contributed by atoms with E-state index in [4.69, 9.17) is 0 Å². The van der Waals surface area contributed by atoms with Crippen LogP contribution < -0.4 is 79.8 Å². The van der Waals surface area contributed by atoms with E-state index in [2.05, 4.69) is 86.7 Å². The van der Waals surface area contributed by atoms with Crippen LogP contribution in [0, 0.1) is 6.92 Å². The van der Waals surface area contributed by atoms with Gasteiger partial charge in [0, 0.05) is 207 Å². The molecule has 0 heterocycles. The summed E-state index contributed by atoms with van der Waals surface area (Å²) in [5, 5.41) is 39.7. The minimum absolute atomic E-state index is 0. The number of carbonyl (C=O) groups is 21. The molecule has 0 aromatic carbocycles. The first-order valence-electron chi connectivity index (χ1n) is 47.4. The van der Waals surface area contributed by atoms with Gasteiger partial charge in [0.25, 0.3) is 0 Å². The average Bonchev–Trinajstić information content (AvgIpc) is 0.913. The number of hydrogen-bond donors (Lipinski definition) is 15. The van der Waals surface area contributed by atoms with E-state index >= 15 is 0 Å². The monoisotopic (exact) mass is 2060 g/mol. The smallest absolute Gasteiger partial charge is 0.234 e. The molecule has 0 fully saturated rings. The third-order valence-corrected chi connectivity index (χ3v) is 20.4. The molecule has 133 heavy (non-hydrogen) atoms. The van der Waals surface area contributed by atoms with E-state index in [1.165, 1.54) is 26.0 Å². The summed E-state index contributed by atoms with van der Waals surface area (Å²) in [7, 11) is 14.2. The van der Waals surface area contributed by atoms with Gasteiger partial charge in [0.2, 0.25) is 88.6 Å². The molecule has 0 spiro atoms. The van der Waals surface area contributed by atoms with Crippen molar-refractivity contribution >= 4 is 123 Å². The number of likely N-dealkylation sites (N-methyl/N-ethyl adjacent to an activating group) is 1. The largest absolute Gasteiger partial charge is 0.359 e. The van der Waals surface area contributed by atoms with Crippen molar-refractivity contribution in [3.05, 3.63) is 6.92 Å². The fraction of sp³-hybridized carbons (Fsp3) is 0.761. The minimum atomic E-state index is -0.350. The van der Waals surface area contributed by atoms with Crippen LogP contribution in [0.5, 0.6) is 0 Å². The zero-order valence-electron chi connectivity index (χ0n) is 82.2. The van der Waals surface area contributed by atoms with E-state index in [1.807, 2.05) is 0 Å². The topological polar surface area (TPSA) is 552 Å². The predicted molar refractivity (Wildman–Crippen MR) is 506 cm³/mol. The first kappa shape index (κ1) is 132. The third-order valence-electron chi connectivity index (χ3n) is 20.4. The van der Waals surface area contributed by atoms with Gasteiger partial charge >= 0.3 is 0 Å². The zero-order valence-corrected chi connectivity index (χ0v) is 85.1. The van der Waals surface area contributed by atoms with Gasteiger partial charge in [-0.15, -0.1) is 0 Å². The quantitative estimate of drug-likeness (QED) is 0.0305. The van der Waals surface area contributed by atoms with Gasteiger partial charge in [-0.3, -0.25) is 115 Å². The maximum atomic E-state index is 12.6. The molecule has 0 saturated heterocycles. The van der Waals surface area contributed by atoms with E-state index in [1.54, 1.807) is 70.8 Å². The minimum Gasteiger partial charge on any atom is -0.359 e. The van der Waals surface area contributed by atoms with Crippen molar-refractivity contribution in [2.24, 2.45) is 0 Å². The van der Waals surface area contributed by atoms with Crippen LogP contribution in [0.2, 0.25) is 0 Å². The summed E-state index contributed by atoms with van der Waals surface area (Å²) in [5.74, 6) is -2.25. The molecule has 0 bridgehead atoms. The Morgan fingerprint density at radius 1 is 0.173 bits per heavy atom. The first-order chi connectivity index (χ1) is 63.1. The normalized spacial score (nSPS) is 10.5. The predicted octanol–water partition coefficient (Wildman–Crippen LogP) is 1.84. The van der Waals surface area contributed by atoms with Gasteiger partial charge in [0.05, 0.1) is 78.5 Å². The Hall–Kier alpha value is -9.53. The molecule has 0 radical (unpaired) electrons. The SMILES string of the molecule is CCC(=O)CN(CC(=O)CC)CC(=O)NC.CNC(=O)CCCCC(=O)CN(CC(=O)NCCCC(=O)NC)CC(=O)NCCCC(=O)NC.CNC(=O)CCCCCCC(=O)CN(CC(=O)NCCCCCC(=O)NC)CC(=O)NCCCCCC(=O)NC.[CH2-]C(=O)CCCCCCCC(=O)CN(CC(=O)NCCCCCCC(=O)NC)CC(=O)NCCCCCCC(=O)NC.[W]. The standard InChI is InChI=1S/C31H56N5O6.C28H52N6O6.C22H40N6O6.C11H20N2O3.W/c1-26(37)17-11-5-4-6-12-18-27(38)23-36(24-30(41)34-21-15-9-7-13-19-28(39)32-2)25-31(42)35-22-16-10-8-14-20-29(40)33-3;1-29-24(36)15-9-5-4-8-14-23(35)20-34(21-27(39)32-18-12-6-10-16-25(37)30-2)22-28(40)33-19-13-7-11-17-26(38)31-3;1-23-18(30)9-5-4-8-17(29)14-28(15-21(33)26-12-6-10-19(31)24-2)16-22(34)27-13-7-11-20(32)25-3;1-4-9(14)6-13(7-10(15)5-2)8-11(16)12-3;/h1,4-25H2,2-3H3,(H,32,39)(H,33,40)(H,34,41)(H,35,42);4-22H2,1-3H3,(H,29,36)(H,30,37)(H,31,38)(H,32,39)(H,33,40);4-16H2,1-3H3,(H,23,30)(H,24,31)(H,25,32)(H,26,33)(H,27,34);4-8H2,1-3H3,(H,12,16);/q-1;;;;. The van der Waals surface area contributed by atoms with Crippen molar-refractivity contribution in [1.82, 2.24) is 99.4 Å². The van der Waals surface area contributed by atoms with Crippen molar-refractivity contribution in [1.29, 1.82) is 0 Å². The van der Waals surface area contributed by atoms with Gasteiger partial charge in [-0.25, -0.2) is 0 Å². The Bertz CT molecular complexity index is 3080. The van der Waals surface area contributed by atoms with Crippen LogP contribution in [-0.4, -0.2) is 324 Å². The number of hydrogen-bond acceptors (Lipinski definition) is 25. The molecule has 40 nitrogen and oxygen atoms in total. The number of unbranched alkanes of at least 4 members (excludes halogenated alkanes) is 18. The molecule has 764 valence electrons. The van der Waals surface area contributed by atoms with Gasteiger partial charge in [-0.2, -0.15) is 0 Å². The molecule has 0 saturated carbocycles. The summed E-state index contributed by atoms with van der Waals surface area (Å²) in [6.07, 6.45) is 26.6. The zero-order chi connectivity index (χ0) is 99.8. The van der Waals surface area contributed by atoms with Crippen LogP contribution in [0.15, 0.2) is 0 Å². The van der Waals surface area contributed by atoms with Crippen molar-refractivity contribution in [2.45, 2.75) is 277 Å². The number of Topliss-reactive ketones (excluding diaryl/α,β-unsaturated/α-hetero) is 6. The molecular formula is C92H168N19O21W-. The van der Waals surface area contributed by atoms with E-state index < -0.39 is 0 Å². The average molecular weight is 2060 g/mol. The van der Waals surface area contributed by atoms with E-state index in [-0.39, 0.29) is 242 Å². The van der Waals surface area contributed by atoms with Crippen LogP contribution >= 0.6 is 0 Å². The molecule has 0 rings (SSSR count). The number of carbonyl (C=O) groups excluding carboxylic acids is 21. The van der Waals surface area contributed by atoms with E-state index in [0.717, 1.165) is 141 Å². The van der Waals surface area contributed by atoms with Crippen molar-refractivity contribution < 1.29 is 122 Å². The first-order valence-corrected chi connectivity index (χ1v) is 47.4. The molecule has 0 unspecified atom stereocenters. The Labute approximate surface area is 805 Å². The molecule has 0 aromatic heterocycles. The molecule has 0 aromatic rings. The Kier molecular flexibility index (Phi) is 92.2. The second-order valence-electron chi connectivity index (χ2n) is 32.2. The fourth-order valence-corrected chi connectivity index (χ4v) is 12.5. The van der Waals surface area contributed by atoms with Crippen molar-refractivity contribution in [2.75, 3.05) is 181 Å². The summed E-state index contributed by atoms with van der Waals surface area (Å²) in [4.78, 5) is 253. The van der Waals surface area contributed by atoms with E-state index in [9.17, 15) is 101 Å². The van der Waals surface area contributed by atoms with Crippen LogP contribution in [0.25, 0.3) is 0 Å². The second kappa shape index (κ2) is 92.9. The number of nitrogens with one attached hydrogen (secondary N) is 15. The summed E-state index contributed by atoms with van der Waals surface area (Å²) in [6.45, 7) is 9.38. The van der Waals surface area contributed by atoms with Crippen LogP contribution in [0.4, 0.5) is 0 Å². The maximum Gasteiger partial charge on any atom is 0.234 e. The molecule has 0 aliphatic heterocycles.